The number of anilines is 1. The van der Waals surface area contributed by atoms with E-state index in [4.69, 9.17) is 11.6 Å². The van der Waals surface area contributed by atoms with Crippen molar-refractivity contribution in [2.24, 2.45) is 0 Å². The van der Waals surface area contributed by atoms with Gasteiger partial charge in [0.15, 0.2) is 0 Å². The summed E-state index contributed by atoms with van der Waals surface area (Å²) in [5, 5.41) is 3.68. The van der Waals surface area contributed by atoms with E-state index in [0.29, 0.717) is 24.2 Å². The molecule has 3 nitrogen and oxygen atoms in total. The fraction of sp³-hybridized carbons (Fsp3) is 0.278. The van der Waals surface area contributed by atoms with E-state index in [1.54, 1.807) is 0 Å². The molecule has 1 heterocycles. The Hall–Kier alpha value is -2.00. The molecule has 0 spiro atoms. The zero-order valence-corrected chi connectivity index (χ0v) is 13.3. The van der Waals surface area contributed by atoms with Gasteiger partial charge >= 0.3 is 0 Å². The minimum atomic E-state index is 0.0403. The van der Waals surface area contributed by atoms with E-state index in [1.165, 1.54) is 11.3 Å². The first-order valence-electron chi connectivity index (χ1n) is 7.49. The minimum absolute atomic E-state index is 0.0403. The molecule has 0 radical (unpaired) electrons. The lowest BCUT2D eigenvalue weighted by Gasteiger charge is -2.24. The second kappa shape index (κ2) is 6.41. The van der Waals surface area contributed by atoms with E-state index >= 15 is 0 Å². The van der Waals surface area contributed by atoms with Crippen molar-refractivity contribution in [3.05, 3.63) is 64.7 Å². The number of hydrogen-bond donors (Lipinski definition) is 1. The van der Waals surface area contributed by atoms with Crippen molar-refractivity contribution < 1.29 is 4.79 Å². The Morgan fingerprint density at radius 2 is 1.95 bits per heavy atom. The molecule has 114 valence electrons. The molecule has 0 aromatic heterocycles. The molecular weight excluding hydrogens is 296 g/mol. The Labute approximate surface area is 135 Å². The van der Waals surface area contributed by atoms with Crippen molar-refractivity contribution >= 4 is 23.2 Å². The quantitative estimate of drug-likeness (QED) is 0.938. The van der Waals surface area contributed by atoms with E-state index in [1.807, 2.05) is 30.3 Å². The van der Waals surface area contributed by atoms with Gasteiger partial charge in [0.1, 0.15) is 0 Å². The number of benzene rings is 2. The van der Waals surface area contributed by atoms with Crippen LogP contribution in [0.3, 0.4) is 0 Å². The Morgan fingerprint density at radius 1 is 1.23 bits per heavy atom. The second-order valence-electron chi connectivity index (χ2n) is 5.71. The monoisotopic (exact) mass is 314 g/mol. The van der Waals surface area contributed by atoms with Gasteiger partial charge in [-0.05, 0) is 42.7 Å². The lowest BCUT2D eigenvalue weighted by Crippen LogP contribution is -2.39. The molecule has 1 unspecified atom stereocenters. The molecule has 1 N–H and O–H groups in total. The first-order valence-corrected chi connectivity index (χ1v) is 7.87. The van der Waals surface area contributed by atoms with Crippen LogP contribution in [0.2, 0.25) is 5.02 Å². The van der Waals surface area contributed by atoms with Gasteiger partial charge < -0.3 is 10.2 Å². The number of para-hydroxylation sites is 1. The Morgan fingerprint density at radius 3 is 2.73 bits per heavy atom. The molecule has 22 heavy (non-hydrogen) atoms. The van der Waals surface area contributed by atoms with Gasteiger partial charge in [0, 0.05) is 23.3 Å². The van der Waals surface area contributed by atoms with Gasteiger partial charge in [0.25, 0.3) is 0 Å². The standard InChI is InChI=1S/C18H19ClN2O/c1-13-10-15-4-2-3-5-17(15)21(13)12-18(22)20-11-14-6-8-16(19)9-7-14/h2-9,13H,10-12H2,1H3,(H,20,22). The topological polar surface area (TPSA) is 32.3 Å². The summed E-state index contributed by atoms with van der Waals surface area (Å²) in [5.41, 5.74) is 3.55. The highest BCUT2D eigenvalue weighted by Gasteiger charge is 2.26. The van der Waals surface area contributed by atoms with E-state index in [2.05, 4.69) is 35.3 Å². The van der Waals surface area contributed by atoms with Crippen molar-refractivity contribution in [3.63, 3.8) is 0 Å². The van der Waals surface area contributed by atoms with Crippen molar-refractivity contribution in [3.8, 4) is 0 Å². The fourth-order valence-corrected chi connectivity index (χ4v) is 3.01. The van der Waals surface area contributed by atoms with Crippen LogP contribution < -0.4 is 10.2 Å². The summed E-state index contributed by atoms with van der Waals surface area (Å²) < 4.78 is 0. The second-order valence-corrected chi connectivity index (χ2v) is 6.15. The Kier molecular flexibility index (Phi) is 4.34. The number of nitrogens with zero attached hydrogens (tertiary/aromatic N) is 1. The van der Waals surface area contributed by atoms with Crippen LogP contribution in [0, 0.1) is 0 Å². The molecule has 0 aliphatic carbocycles. The van der Waals surface area contributed by atoms with Crippen LogP contribution in [-0.2, 0) is 17.8 Å². The number of rotatable bonds is 4. The molecule has 1 atom stereocenters. The van der Waals surface area contributed by atoms with E-state index in [0.717, 1.165) is 12.0 Å². The molecule has 0 saturated heterocycles. The maximum atomic E-state index is 12.2. The number of carbonyl (C=O) groups is 1. The normalized spacial score (nSPS) is 16.5. The van der Waals surface area contributed by atoms with Crippen LogP contribution in [0.15, 0.2) is 48.5 Å². The first kappa shape index (κ1) is 14.9. The molecule has 1 aliphatic rings. The molecule has 0 saturated carbocycles. The van der Waals surface area contributed by atoms with Gasteiger partial charge in [0.05, 0.1) is 6.54 Å². The molecule has 2 aromatic rings. The summed E-state index contributed by atoms with van der Waals surface area (Å²) in [6, 6.07) is 16.2. The molecule has 2 aromatic carbocycles. The SMILES string of the molecule is CC1Cc2ccccc2N1CC(=O)NCc1ccc(Cl)cc1. The van der Waals surface area contributed by atoms with Crippen LogP contribution in [0.4, 0.5) is 5.69 Å². The number of nitrogens with one attached hydrogen (secondary N) is 1. The largest absolute Gasteiger partial charge is 0.359 e. The van der Waals surface area contributed by atoms with Crippen LogP contribution in [0.1, 0.15) is 18.1 Å². The maximum Gasteiger partial charge on any atom is 0.239 e. The highest BCUT2D eigenvalue weighted by atomic mass is 35.5. The first-order chi connectivity index (χ1) is 10.6. The summed E-state index contributed by atoms with van der Waals surface area (Å²) in [4.78, 5) is 14.4. The summed E-state index contributed by atoms with van der Waals surface area (Å²) in [6.07, 6.45) is 1.00. The van der Waals surface area contributed by atoms with Crippen LogP contribution in [-0.4, -0.2) is 18.5 Å². The third-order valence-electron chi connectivity index (χ3n) is 4.07. The summed E-state index contributed by atoms with van der Waals surface area (Å²) in [5.74, 6) is 0.0403. The van der Waals surface area contributed by atoms with Crippen molar-refractivity contribution in [2.75, 3.05) is 11.4 Å². The molecule has 0 fully saturated rings. The molecule has 4 heteroatoms. The summed E-state index contributed by atoms with van der Waals surface area (Å²) in [6.45, 7) is 3.08. The van der Waals surface area contributed by atoms with Gasteiger partial charge in [-0.15, -0.1) is 0 Å². The Balaban J connectivity index is 1.59. The molecule has 3 rings (SSSR count). The zero-order chi connectivity index (χ0) is 15.5. The molecule has 0 bridgehead atoms. The number of halogens is 1. The maximum absolute atomic E-state index is 12.2. The van der Waals surface area contributed by atoms with Gasteiger partial charge in [-0.1, -0.05) is 41.9 Å². The van der Waals surface area contributed by atoms with Gasteiger partial charge in [-0.2, -0.15) is 0 Å². The zero-order valence-electron chi connectivity index (χ0n) is 12.6. The summed E-state index contributed by atoms with van der Waals surface area (Å²) in [7, 11) is 0. The van der Waals surface area contributed by atoms with Crippen molar-refractivity contribution in [2.45, 2.75) is 25.9 Å². The molecule has 1 aliphatic heterocycles. The Bertz CT molecular complexity index is 669. The highest BCUT2D eigenvalue weighted by Crippen LogP contribution is 2.31. The smallest absolute Gasteiger partial charge is 0.239 e. The van der Waals surface area contributed by atoms with Crippen LogP contribution >= 0.6 is 11.6 Å². The van der Waals surface area contributed by atoms with E-state index in [9.17, 15) is 4.79 Å². The third-order valence-corrected chi connectivity index (χ3v) is 4.32. The molecule has 1 amide bonds. The number of hydrogen-bond acceptors (Lipinski definition) is 2. The van der Waals surface area contributed by atoms with Crippen molar-refractivity contribution in [1.29, 1.82) is 0 Å². The fourth-order valence-electron chi connectivity index (χ4n) is 2.88. The number of amides is 1. The average Bonchev–Trinajstić information content (AvgIpc) is 2.83. The predicted octanol–water partition coefficient (Wildman–Crippen LogP) is 3.41. The van der Waals surface area contributed by atoms with Crippen LogP contribution in [0.25, 0.3) is 0 Å². The number of fused-ring (bicyclic) bond motifs is 1. The number of carbonyl (C=O) groups excluding carboxylic acids is 1. The minimum Gasteiger partial charge on any atom is -0.359 e. The molecular formula is C18H19ClN2O. The van der Waals surface area contributed by atoms with Crippen molar-refractivity contribution in [1.82, 2.24) is 5.32 Å². The lowest BCUT2D eigenvalue weighted by molar-refractivity contribution is -0.120. The average molecular weight is 315 g/mol. The third kappa shape index (κ3) is 3.25. The predicted molar refractivity (Wildman–Crippen MR) is 90.3 cm³/mol. The van der Waals surface area contributed by atoms with Gasteiger partial charge in [-0.25, -0.2) is 0 Å². The highest BCUT2D eigenvalue weighted by molar-refractivity contribution is 6.30. The van der Waals surface area contributed by atoms with Crippen LogP contribution in [0.5, 0.6) is 0 Å². The van der Waals surface area contributed by atoms with E-state index in [-0.39, 0.29) is 5.91 Å². The lowest BCUT2D eigenvalue weighted by atomic mass is 10.1. The van der Waals surface area contributed by atoms with Gasteiger partial charge in [0.2, 0.25) is 5.91 Å². The summed E-state index contributed by atoms with van der Waals surface area (Å²) >= 11 is 5.86. The van der Waals surface area contributed by atoms with E-state index < -0.39 is 0 Å². The van der Waals surface area contributed by atoms with Gasteiger partial charge in [-0.3, -0.25) is 4.79 Å².